The molecular formula is C25H22ClFN4O4. The molecule has 0 aliphatic carbocycles. The Morgan fingerprint density at radius 1 is 1.03 bits per heavy atom. The van der Waals surface area contributed by atoms with Gasteiger partial charge in [0.05, 0.1) is 11.2 Å². The number of anilines is 1. The third-order valence-electron chi connectivity index (χ3n) is 4.59. The van der Waals surface area contributed by atoms with E-state index in [-0.39, 0.29) is 18.2 Å². The third kappa shape index (κ3) is 8.24. The number of aryl methyl sites for hydroxylation is 1. The van der Waals surface area contributed by atoms with Crippen molar-refractivity contribution < 1.29 is 23.5 Å². The Labute approximate surface area is 206 Å². The van der Waals surface area contributed by atoms with Gasteiger partial charge in [0.2, 0.25) is 0 Å². The molecule has 3 amide bonds. The highest BCUT2D eigenvalue weighted by molar-refractivity contribution is 6.35. The summed E-state index contributed by atoms with van der Waals surface area (Å²) in [7, 11) is 0. The Balaban J connectivity index is 1.44. The number of hydrogen-bond acceptors (Lipinski definition) is 5. The number of hydrogen-bond donors (Lipinski definition) is 3. The lowest BCUT2D eigenvalue weighted by Gasteiger charge is -2.08. The quantitative estimate of drug-likeness (QED) is 0.251. The first-order valence-corrected chi connectivity index (χ1v) is 10.8. The smallest absolute Gasteiger partial charge is 0.329 e. The molecule has 180 valence electrons. The topological polar surface area (TPSA) is 109 Å². The largest absolute Gasteiger partial charge is 0.484 e. The average molecular weight is 497 g/mol. The van der Waals surface area contributed by atoms with Crippen LogP contribution in [0.15, 0.2) is 71.8 Å². The van der Waals surface area contributed by atoms with E-state index in [0.717, 1.165) is 17.2 Å². The molecule has 0 heterocycles. The van der Waals surface area contributed by atoms with Crippen LogP contribution in [0.3, 0.4) is 0 Å². The second-order valence-corrected chi connectivity index (χ2v) is 7.81. The molecule has 8 nitrogen and oxygen atoms in total. The number of nitrogens with zero attached hydrogens (tertiary/aromatic N) is 1. The highest BCUT2D eigenvalue weighted by atomic mass is 35.5. The van der Waals surface area contributed by atoms with Crippen molar-refractivity contribution in [3.05, 3.63) is 94.3 Å². The Bertz CT molecular complexity index is 1250. The minimum atomic E-state index is -0.904. The molecule has 0 saturated carbocycles. The lowest BCUT2D eigenvalue weighted by Crippen LogP contribution is -2.37. The number of amides is 3. The van der Waals surface area contributed by atoms with E-state index in [0.29, 0.717) is 17.0 Å². The molecule has 0 unspecified atom stereocenters. The molecule has 3 aromatic rings. The molecule has 0 saturated heterocycles. The number of hydrazone groups is 1. The Hall–Kier alpha value is -4.24. The maximum atomic E-state index is 13.2. The lowest BCUT2D eigenvalue weighted by atomic mass is 10.1. The molecule has 0 aliphatic heterocycles. The lowest BCUT2D eigenvalue weighted by molar-refractivity contribution is -0.139. The van der Waals surface area contributed by atoms with Crippen molar-refractivity contribution in [3.8, 4) is 5.75 Å². The number of nitrogens with one attached hydrogen (secondary N) is 3. The maximum Gasteiger partial charge on any atom is 0.329 e. The average Bonchev–Trinajstić information content (AvgIpc) is 2.84. The van der Waals surface area contributed by atoms with Crippen LogP contribution >= 0.6 is 11.6 Å². The summed E-state index contributed by atoms with van der Waals surface area (Å²) in [6.07, 6.45) is 1.33. The van der Waals surface area contributed by atoms with E-state index < -0.39 is 23.5 Å². The summed E-state index contributed by atoms with van der Waals surface area (Å²) in [5.41, 5.74) is 5.02. The predicted octanol–water partition coefficient (Wildman–Crippen LogP) is 3.57. The van der Waals surface area contributed by atoms with Gasteiger partial charge < -0.3 is 15.4 Å². The van der Waals surface area contributed by atoms with Crippen LogP contribution < -0.4 is 20.8 Å². The summed E-state index contributed by atoms with van der Waals surface area (Å²) in [5.74, 6) is -2.39. The monoisotopic (exact) mass is 496 g/mol. The van der Waals surface area contributed by atoms with E-state index in [2.05, 4.69) is 21.2 Å². The fraction of sp³-hybridized carbons (Fsp3) is 0.120. The van der Waals surface area contributed by atoms with Crippen LogP contribution in [0, 0.1) is 12.7 Å². The Morgan fingerprint density at radius 2 is 1.80 bits per heavy atom. The second-order valence-electron chi connectivity index (χ2n) is 7.41. The van der Waals surface area contributed by atoms with Gasteiger partial charge in [-0.1, -0.05) is 53.6 Å². The minimum absolute atomic E-state index is 0.105. The van der Waals surface area contributed by atoms with Gasteiger partial charge in [-0.3, -0.25) is 14.4 Å². The van der Waals surface area contributed by atoms with Crippen LogP contribution in [-0.4, -0.2) is 30.5 Å². The summed E-state index contributed by atoms with van der Waals surface area (Å²) >= 11 is 5.69. The molecule has 0 aromatic heterocycles. The summed E-state index contributed by atoms with van der Waals surface area (Å²) in [4.78, 5) is 35.9. The van der Waals surface area contributed by atoms with Crippen molar-refractivity contribution in [1.29, 1.82) is 0 Å². The molecule has 3 aromatic carbocycles. The summed E-state index contributed by atoms with van der Waals surface area (Å²) in [6, 6.07) is 18.0. The van der Waals surface area contributed by atoms with E-state index in [1.807, 2.05) is 31.2 Å². The van der Waals surface area contributed by atoms with Gasteiger partial charge >= 0.3 is 11.8 Å². The van der Waals surface area contributed by atoms with Gasteiger partial charge in [-0.05, 0) is 48.4 Å². The fourth-order valence-electron chi connectivity index (χ4n) is 2.79. The van der Waals surface area contributed by atoms with E-state index >= 15 is 0 Å². The van der Waals surface area contributed by atoms with Gasteiger partial charge in [0.1, 0.15) is 11.6 Å². The zero-order chi connectivity index (χ0) is 25.2. The van der Waals surface area contributed by atoms with E-state index in [9.17, 15) is 18.8 Å². The highest BCUT2D eigenvalue weighted by Crippen LogP contribution is 2.19. The van der Waals surface area contributed by atoms with Crippen LogP contribution in [0.2, 0.25) is 5.02 Å². The van der Waals surface area contributed by atoms with Gasteiger partial charge in [0, 0.05) is 12.2 Å². The predicted molar refractivity (Wildman–Crippen MR) is 131 cm³/mol. The van der Waals surface area contributed by atoms with Gasteiger partial charge in [-0.25, -0.2) is 9.82 Å². The molecule has 0 radical (unpaired) electrons. The summed E-state index contributed by atoms with van der Waals surface area (Å²) < 4.78 is 18.7. The number of halogens is 2. The van der Waals surface area contributed by atoms with Crippen molar-refractivity contribution in [3.63, 3.8) is 0 Å². The highest BCUT2D eigenvalue weighted by Gasteiger charge is 2.12. The molecule has 10 heteroatoms. The molecule has 35 heavy (non-hydrogen) atoms. The molecule has 0 bridgehead atoms. The first-order valence-electron chi connectivity index (χ1n) is 10.4. The van der Waals surface area contributed by atoms with Crippen LogP contribution in [0.4, 0.5) is 10.1 Å². The number of ether oxygens (including phenoxy) is 1. The van der Waals surface area contributed by atoms with Crippen LogP contribution in [0.5, 0.6) is 5.75 Å². The van der Waals surface area contributed by atoms with E-state index in [4.69, 9.17) is 16.3 Å². The molecule has 0 spiro atoms. The number of carbonyl (C=O) groups is 3. The van der Waals surface area contributed by atoms with Crippen molar-refractivity contribution >= 4 is 41.2 Å². The van der Waals surface area contributed by atoms with E-state index in [1.54, 1.807) is 24.3 Å². The molecule has 0 fully saturated rings. The van der Waals surface area contributed by atoms with Crippen LogP contribution in [0.25, 0.3) is 0 Å². The SMILES string of the molecule is Cc1ccc(CNC(=O)C(=O)N/N=C\c2cccc(OCC(=O)Nc3ccc(F)c(Cl)c3)c2)cc1. The standard InChI is InChI=1S/C25H22ClFN4O4/c1-16-5-7-17(8-6-16)13-28-24(33)25(34)31-29-14-18-3-2-4-20(11-18)35-15-23(32)30-19-9-10-22(27)21(26)12-19/h2-12,14H,13,15H2,1H3,(H,28,33)(H,30,32)(H,31,34)/b29-14-. The summed E-state index contributed by atoms with van der Waals surface area (Å²) in [6.45, 7) is 1.88. The van der Waals surface area contributed by atoms with Gasteiger partial charge in [0.15, 0.2) is 6.61 Å². The number of benzene rings is 3. The van der Waals surface area contributed by atoms with Crippen molar-refractivity contribution in [2.75, 3.05) is 11.9 Å². The van der Waals surface area contributed by atoms with Crippen molar-refractivity contribution in [1.82, 2.24) is 10.7 Å². The molecular weight excluding hydrogens is 475 g/mol. The zero-order valence-corrected chi connectivity index (χ0v) is 19.4. The maximum absolute atomic E-state index is 13.2. The first-order chi connectivity index (χ1) is 16.8. The number of rotatable bonds is 8. The van der Waals surface area contributed by atoms with Crippen LogP contribution in [-0.2, 0) is 20.9 Å². The van der Waals surface area contributed by atoms with Gasteiger partial charge in [-0.15, -0.1) is 0 Å². The molecule has 0 atom stereocenters. The third-order valence-corrected chi connectivity index (χ3v) is 4.88. The first kappa shape index (κ1) is 25.4. The van der Waals surface area contributed by atoms with Gasteiger partial charge in [-0.2, -0.15) is 5.10 Å². The minimum Gasteiger partial charge on any atom is -0.484 e. The zero-order valence-electron chi connectivity index (χ0n) is 18.7. The van der Waals surface area contributed by atoms with Crippen LogP contribution in [0.1, 0.15) is 16.7 Å². The van der Waals surface area contributed by atoms with Gasteiger partial charge in [0.25, 0.3) is 5.91 Å². The van der Waals surface area contributed by atoms with E-state index in [1.165, 1.54) is 18.3 Å². The molecule has 3 N–H and O–H groups in total. The second kappa shape index (κ2) is 12.3. The van der Waals surface area contributed by atoms with Crippen molar-refractivity contribution in [2.45, 2.75) is 13.5 Å². The molecule has 3 rings (SSSR count). The number of carbonyl (C=O) groups excluding carboxylic acids is 3. The Morgan fingerprint density at radius 3 is 2.54 bits per heavy atom. The fourth-order valence-corrected chi connectivity index (χ4v) is 2.97. The normalized spacial score (nSPS) is 10.6. The Kier molecular flexibility index (Phi) is 8.91. The van der Waals surface area contributed by atoms with Crippen molar-refractivity contribution in [2.24, 2.45) is 5.10 Å². The summed E-state index contributed by atoms with van der Waals surface area (Å²) in [5, 5.41) is 8.73. The molecule has 0 aliphatic rings.